The van der Waals surface area contributed by atoms with Crippen molar-refractivity contribution in [3.05, 3.63) is 29.8 Å². The number of rotatable bonds is 10. The number of ether oxygens (including phenoxy) is 1. The molecule has 0 radical (unpaired) electrons. The van der Waals surface area contributed by atoms with Gasteiger partial charge in [0.05, 0.1) is 6.04 Å². The van der Waals surface area contributed by atoms with E-state index in [-0.39, 0.29) is 5.97 Å². The third-order valence-corrected chi connectivity index (χ3v) is 3.49. The van der Waals surface area contributed by atoms with E-state index in [1.807, 2.05) is 0 Å². The molecule has 0 spiro atoms. The van der Waals surface area contributed by atoms with Crippen LogP contribution in [-0.2, 0) is 11.2 Å². The lowest BCUT2D eigenvalue weighted by atomic mass is 10.1. The van der Waals surface area contributed by atoms with Crippen LogP contribution in [-0.4, -0.2) is 28.5 Å². The first kappa shape index (κ1) is 18.6. The summed E-state index contributed by atoms with van der Waals surface area (Å²) in [6.45, 7) is 2.16. The lowest BCUT2D eigenvalue weighted by Gasteiger charge is -2.13. The van der Waals surface area contributed by atoms with Crippen LogP contribution in [0.15, 0.2) is 24.3 Å². The maximum Gasteiger partial charge on any atom is 0.311 e. The van der Waals surface area contributed by atoms with Crippen molar-refractivity contribution in [2.75, 3.05) is 0 Å². The molecule has 0 aliphatic carbocycles. The van der Waals surface area contributed by atoms with E-state index in [9.17, 15) is 4.79 Å². The van der Waals surface area contributed by atoms with Gasteiger partial charge in [-0.25, -0.2) is 0 Å². The van der Waals surface area contributed by atoms with Crippen LogP contribution in [0.2, 0.25) is 0 Å². The lowest BCUT2D eigenvalue weighted by Crippen LogP contribution is -2.36. The first-order valence-corrected chi connectivity index (χ1v) is 7.94. The second-order valence-electron chi connectivity index (χ2n) is 5.56. The second kappa shape index (κ2) is 10.3. The van der Waals surface area contributed by atoms with Gasteiger partial charge in [-0.1, -0.05) is 44.7 Å². The van der Waals surface area contributed by atoms with Gasteiger partial charge in [0.15, 0.2) is 6.29 Å². The standard InChI is InChI=1S/C17H27NO4/c1-2-3-4-5-6-7-16(19)22-14-10-8-13(9-11-14)12-15(18)17(20)21/h8-11,15,17,20-21H,2-7,12,18H2,1H3/t15-/m0/s1. The van der Waals surface area contributed by atoms with Gasteiger partial charge in [0.25, 0.3) is 0 Å². The molecule has 5 heteroatoms. The highest BCUT2D eigenvalue weighted by atomic mass is 16.5. The summed E-state index contributed by atoms with van der Waals surface area (Å²) >= 11 is 0. The van der Waals surface area contributed by atoms with E-state index in [1.54, 1.807) is 24.3 Å². The molecule has 0 saturated heterocycles. The molecule has 0 aliphatic heterocycles. The Labute approximate surface area is 132 Å². The molecule has 22 heavy (non-hydrogen) atoms. The Morgan fingerprint density at radius 1 is 1.14 bits per heavy atom. The Kier molecular flexibility index (Phi) is 8.74. The van der Waals surface area contributed by atoms with Crippen molar-refractivity contribution >= 4 is 5.97 Å². The van der Waals surface area contributed by atoms with Gasteiger partial charge in [-0.05, 0) is 30.5 Å². The van der Waals surface area contributed by atoms with E-state index in [1.165, 1.54) is 12.8 Å². The summed E-state index contributed by atoms with van der Waals surface area (Å²) in [5, 5.41) is 17.9. The fourth-order valence-corrected chi connectivity index (χ4v) is 2.13. The number of aliphatic hydroxyl groups is 2. The minimum absolute atomic E-state index is 0.216. The van der Waals surface area contributed by atoms with Crippen molar-refractivity contribution in [3.63, 3.8) is 0 Å². The number of aliphatic hydroxyl groups excluding tert-OH is 1. The Hall–Kier alpha value is -1.43. The Morgan fingerprint density at radius 3 is 2.36 bits per heavy atom. The highest BCUT2D eigenvalue weighted by Gasteiger charge is 2.12. The molecule has 1 aromatic rings. The number of hydrogen-bond donors (Lipinski definition) is 3. The SMILES string of the molecule is CCCCCCCC(=O)Oc1ccc(C[C@H](N)C(O)O)cc1. The molecule has 124 valence electrons. The van der Waals surface area contributed by atoms with Gasteiger partial charge in [-0.3, -0.25) is 4.79 Å². The molecule has 0 saturated carbocycles. The van der Waals surface area contributed by atoms with E-state index in [0.29, 0.717) is 18.6 Å². The van der Waals surface area contributed by atoms with Crippen LogP contribution in [0.1, 0.15) is 51.0 Å². The highest BCUT2D eigenvalue weighted by Crippen LogP contribution is 2.15. The van der Waals surface area contributed by atoms with Crippen LogP contribution in [0, 0.1) is 0 Å². The maximum atomic E-state index is 11.7. The summed E-state index contributed by atoms with van der Waals surface area (Å²) < 4.78 is 5.26. The molecular formula is C17H27NO4. The average molecular weight is 309 g/mol. The molecule has 5 nitrogen and oxygen atoms in total. The van der Waals surface area contributed by atoms with Crippen LogP contribution in [0.25, 0.3) is 0 Å². The van der Waals surface area contributed by atoms with Gasteiger partial charge in [-0.2, -0.15) is 0 Å². The molecule has 0 unspecified atom stereocenters. The smallest absolute Gasteiger partial charge is 0.311 e. The number of carbonyl (C=O) groups is 1. The summed E-state index contributed by atoms with van der Waals surface area (Å²) in [7, 11) is 0. The Balaban J connectivity index is 2.32. The van der Waals surface area contributed by atoms with Crippen LogP contribution in [0.3, 0.4) is 0 Å². The van der Waals surface area contributed by atoms with Crippen LogP contribution in [0.4, 0.5) is 0 Å². The second-order valence-corrected chi connectivity index (χ2v) is 5.56. The number of nitrogens with two attached hydrogens (primary N) is 1. The van der Waals surface area contributed by atoms with Gasteiger partial charge in [0.2, 0.25) is 0 Å². The van der Waals surface area contributed by atoms with Gasteiger partial charge in [0, 0.05) is 6.42 Å². The first-order chi connectivity index (χ1) is 10.5. The summed E-state index contributed by atoms with van der Waals surface area (Å²) in [5.74, 6) is 0.284. The zero-order valence-corrected chi connectivity index (χ0v) is 13.2. The van der Waals surface area contributed by atoms with Crippen LogP contribution >= 0.6 is 0 Å². The van der Waals surface area contributed by atoms with Crippen molar-refractivity contribution < 1.29 is 19.7 Å². The molecule has 4 N–H and O–H groups in total. The van der Waals surface area contributed by atoms with Crippen molar-refractivity contribution in [2.45, 2.75) is 64.2 Å². The highest BCUT2D eigenvalue weighted by molar-refractivity contribution is 5.72. The molecule has 0 fully saturated rings. The lowest BCUT2D eigenvalue weighted by molar-refractivity contribution is -0.134. The van der Waals surface area contributed by atoms with E-state index >= 15 is 0 Å². The van der Waals surface area contributed by atoms with E-state index in [0.717, 1.165) is 24.8 Å². The molecule has 0 amide bonds. The molecule has 0 aromatic heterocycles. The third kappa shape index (κ3) is 7.54. The molecule has 0 heterocycles. The number of hydrogen-bond acceptors (Lipinski definition) is 5. The summed E-state index contributed by atoms with van der Waals surface area (Å²) in [6, 6.07) is 6.20. The van der Waals surface area contributed by atoms with E-state index < -0.39 is 12.3 Å². The summed E-state index contributed by atoms with van der Waals surface area (Å²) in [4.78, 5) is 11.7. The van der Waals surface area contributed by atoms with Crippen LogP contribution < -0.4 is 10.5 Å². The van der Waals surface area contributed by atoms with Gasteiger partial charge in [0.1, 0.15) is 5.75 Å². The minimum Gasteiger partial charge on any atom is -0.427 e. The average Bonchev–Trinajstić information content (AvgIpc) is 2.49. The van der Waals surface area contributed by atoms with Gasteiger partial charge in [-0.15, -0.1) is 0 Å². The molecule has 1 rings (SSSR count). The largest absolute Gasteiger partial charge is 0.427 e. The monoisotopic (exact) mass is 309 g/mol. The van der Waals surface area contributed by atoms with Gasteiger partial charge >= 0.3 is 5.97 Å². The Bertz CT molecular complexity index is 431. The topological polar surface area (TPSA) is 92.8 Å². The molecule has 0 aliphatic rings. The fourth-order valence-electron chi connectivity index (χ4n) is 2.13. The number of unbranched alkanes of at least 4 members (excludes halogenated alkanes) is 4. The van der Waals surface area contributed by atoms with Crippen molar-refractivity contribution in [1.29, 1.82) is 0 Å². The minimum atomic E-state index is -1.54. The van der Waals surface area contributed by atoms with E-state index in [2.05, 4.69) is 6.92 Å². The summed E-state index contributed by atoms with van der Waals surface area (Å²) in [5.41, 5.74) is 6.43. The molecule has 1 atom stereocenters. The van der Waals surface area contributed by atoms with Crippen molar-refractivity contribution in [3.8, 4) is 5.75 Å². The predicted molar refractivity (Wildman–Crippen MR) is 85.4 cm³/mol. The molecule has 0 bridgehead atoms. The number of benzene rings is 1. The zero-order valence-electron chi connectivity index (χ0n) is 13.2. The summed E-state index contributed by atoms with van der Waals surface area (Å²) in [6.07, 6.45) is 4.73. The number of carbonyl (C=O) groups excluding carboxylic acids is 1. The first-order valence-electron chi connectivity index (χ1n) is 7.94. The predicted octanol–water partition coefficient (Wildman–Crippen LogP) is 2.13. The van der Waals surface area contributed by atoms with Gasteiger partial charge < -0.3 is 20.7 Å². The number of esters is 1. The zero-order chi connectivity index (χ0) is 16.4. The molecule has 1 aromatic carbocycles. The van der Waals surface area contributed by atoms with E-state index in [4.69, 9.17) is 20.7 Å². The third-order valence-electron chi connectivity index (χ3n) is 3.49. The quantitative estimate of drug-likeness (QED) is 0.266. The van der Waals surface area contributed by atoms with Crippen LogP contribution in [0.5, 0.6) is 5.75 Å². The normalized spacial score (nSPS) is 12.4. The Morgan fingerprint density at radius 2 is 1.77 bits per heavy atom. The van der Waals surface area contributed by atoms with Crippen molar-refractivity contribution in [1.82, 2.24) is 0 Å². The molecular weight excluding hydrogens is 282 g/mol. The maximum absolute atomic E-state index is 11.7. The fraction of sp³-hybridized carbons (Fsp3) is 0.588. The van der Waals surface area contributed by atoms with Crippen molar-refractivity contribution in [2.24, 2.45) is 5.73 Å².